The molecule has 0 amide bonds. The Labute approximate surface area is 183 Å². The highest BCUT2D eigenvalue weighted by Gasteiger charge is 2.45. The number of nitrogens with two attached hydrogens (primary N) is 1. The maximum Gasteiger partial charge on any atom is 0.429 e. The van der Waals surface area contributed by atoms with E-state index in [0.717, 1.165) is 0 Å². The van der Waals surface area contributed by atoms with Crippen LogP contribution < -0.4 is 10.5 Å². The van der Waals surface area contributed by atoms with E-state index in [9.17, 15) is 13.2 Å². The van der Waals surface area contributed by atoms with Crippen molar-refractivity contribution in [1.29, 1.82) is 0 Å². The van der Waals surface area contributed by atoms with Gasteiger partial charge >= 0.3 is 6.18 Å². The summed E-state index contributed by atoms with van der Waals surface area (Å²) >= 11 is 6.05. The number of allylic oxidation sites excluding steroid dienone is 1. The lowest BCUT2D eigenvalue weighted by molar-refractivity contribution is -0.198. The van der Waals surface area contributed by atoms with E-state index in [4.69, 9.17) is 29.9 Å². The van der Waals surface area contributed by atoms with Crippen LogP contribution >= 0.6 is 11.6 Å². The zero-order chi connectivity index (χ0) is 22.9. The first kappa shape index (κ1) is 22.7. The van der Waals surface area contributed by atoms with Gasteiger partial charge in [0, 0.05) is 22.3 Å². The summed E-state index contributed by atoms with van der Waals surface area (Å²) < 4.78 is 49.2. The fourth-order valence-corrected chi connectivity index (χ4v) is 3.12. The molecule has 1 atom stereocenters. The first-order valence-corrected chi connectivity index (χ1v) is 9.50. The lowest BCUT2D eigenvalue weighted by Gasteiger charge is -2.25. The van der Waals surface area contributed by atoms with E-state index in [1.165, 1.54) is 36.0 Å². The van der Waals surface area contributed by atoms with Crippen LogP contribution in [-0.2, 0) is 0 Å². The molecule has 2 aromatic heterocycles. The van der Waals surface area contributed by atoms with Crippen molar-refractivity contribution in [3.8, 4) is 11.6 Å². The molecule has 3 rings (SSSR count). The second-order valence-electron chi connectivity index (χ2n) is 6.75. The Bertz CT molecular complexity index is 1150. The summed E-state index contributed by atoms with van der Waals surface area (Å²) in [7, 11) is 5.89. The number of rotatable bonds is 5. The van der Waals surface area contributed by atoms with Crippen molar-refractivity contribution < 1.29 is 17.9 Å². The fourth-order valence-electron chi connectivity index (χ4n) is 2.95. The zero-order valence-corrected chi connectivity index (χ0v) is 17.7. The van der Waals surface area contributed by atoms with Gasteiger partial charge in [-0.3, -0.25) is 0 Å². The third kappa shape index (κ3) is 4.85. The first-order chi connectivity index (χ1) is 14.5. The van der Waals surface area contributed by atoms with Crippen LogP contribution in [0.3, 0.4) is 0 Å². The van der Waals surface area contributed by atoms with E-state index < -0.39 is 12.3 Å². The molecule has 0 saturated carbocycles. The topological polar surface area (TPSA) is 78.9 Å². The Hall–Kier alpha value is -3.01. The molecule has 1 aromatic carbocycles. The molecule has 0 aliphatic rings. The van der Waals surface area contributed by atoms with Crippen molar-refractivity contribution >= 4 is 30.9 Å². The van der Waals surface area contributed by atoms with Crippen LogP contribution in [-0.4, -0.2) is 33.8 Å². The standard InChI is InChI=1S/C20H18BClF3N5O/c1-4-14(21)16-11(3)18(28-19(26)27-16)31-17(20(23,24)25)13-6-5-12(22)9-15(13)30-8-7-10(2)29-30/h4-9,17H,1-3H3,(H2,26,27,28)/b14-4+/t17-/m1/s1. The highest BCUT2D eigenvalue weighted by molar-refractivity contribution is 6.42. The van der Waals surface area contributed by atoms with Crippen molar-refractivity contribution in [2.75, 3.05) is 5.73 Å². The minimum Gasteiger partial charge on any atom is -0.459 e. The number of benzene rings is 1. The number of aryl methyl sites for hydroxylation is 1. The van der Waals surface area contributed by atoms with E-state index in [1.54, 1.807) is 26.0 Å². The normalized spacial score (nSPS) is 13.3. The van der Waals surface area contributed by atoms with Gasteiger partial charge in [0.1, 0.15) is 7.85 Å². The molecule has 2 heterocycles. The Kier molecular flexibility index (Phi) is 6.31. The molecule has 31 heavy (non-hydrogen) atoms. The summed E-state index contributed by atoms with van der Waals surface area (Å²) in [6.45, 7) is 4.89. The van der Waals surface area contributed by atoms with Gasteiger partial charge in [0.25, 0.3) is 0 Å². The Morgan fingerprint density at radius 1 is 1.26 bits per heavy atom. The Morgan fingerprint density at radius 2 is 1.97 bits per heavy atom. The van der Waals surface area contributed by atoms with E-state index in [0.29, 0.717) is 5.69 Å². The molecule has 0 spiro atoms. The van der Waals surface area contributed by atoms with Crippen LogP contribution in [0.15, 0.2) is 36.5 Å². The lowest BCUT2D eigenvalue weighted by atomic mass is 9.90. The molecule has 2 radical (unpaired) electrons. The van der Waals surface area contributed by atoms with E-state index in [1.807, 2.05) is 0 Å². The summed E-state index contributed by atoms with van der Waals surface area (Å²) in [4.78, 5) is 7.87. The van der Waals surface area contributed by atoms with Crippen molar-refractivity contribution in [2.24, 2.45) is 0 Å². The van der Waals surface area contributed by atoms with Gasteiger partial charge in [0.2, 0.25) is 17.9 Å². The largest absolute Gasteiger partial charge is 0.459 e. The molecule has 0 fully saturated rings. The van der Waals surface area contributed by atoms with E-state index in [-0.39, 0.29) is 44.8 Å². The molecule has 6 nitrogen and oxygen atoms in total. The smallest absolute Gasteiger partial charge is 0.429 e. The highest BCUT2D eigenvalue weighted by Crippen LogP contribution is 2.40. The summed E-state index contributed by atoms with van der Waals surface area (Å²) in [5, 5.41) is 4.45. The predicted octanol–water partition coefficient (Wildman–Crippen LogP) is 4.73. The van der Waals surface area contributed by atoms with Crippen LogP contribution in [0.25, 0.3) is 11.2 Å². The molecule has 3 aromatic rings. The van der Waals surface area contributed by atoms with Crippen LogP contribution in [0.2, 0.25) is 5.02 Å². The maximum atomic E-state index is 14.2. The molecule has 0 aliphatic heterocycles. The molecule has 160 valence electrons. The van der Waals surface area contributed by atoms with Crippen molar-refractivity contribution in [3.05, 3.63) is 64.1 Å². The summed E-state index contributed by atoms with van der Waals surface area (Å²) in [5.41, 5.74) is 6.90. The average Bonchev–Trinajstić information content (AvgIpc) is 3.13. The molecule has 0 bridgehead atoms. The van der Waals surface area contributed by atoms with Crippen molar-refractivity contribution in [1.82, 2.24) is 19.7 Å². The van der Waals surface area contributed by atoms with Gasteiger partial charge in [0.05, 0.1) is 17.1 Å². The van der Waals surface area contributed by atoms with Gasteiger partial charge in [-0.2, -0.15) is 23.3 Å². The van der Waals surface area contributed by atoms with Crippen LogP contribution in [0.5, 0.6) is 5.88 Å². The predicted molar refractivity (Wildman–Crippen MR) is 113 cm³/mol. The third-order valence-electron chi connectivity index (χ3n) is 4.47. The minimum absolute atomic E-state index is 0.121. The minimum atomic E-state index is -4.79. The van der Waals surface area contributed by atoms with E-state index in [2.05, 4.69) is 15.1 Å². The third-order valence-corrected chi connectivity index (χ3v) is 4.71. The number of nitrogens with zero attached hydrogens (tertiary/aromatic N) is 4. The van der Waals surface area contributed by atoms with Gasteiger partial charge in [0.15, 0.2) is 0 Å². The first-order valence-electron chi connectivity index (χ1n) is 9.13. The van der Waals surface area contributed by atoms with Gasteiger partial charge in [-0.15, -0.1) is 0 Å². The second-order valence-corrected chi connectivity index (χ2v) is 7.19. The van der Waals surface area contributed by atoms with Crippen molar-refractivity contribution in [2.45, 2.75) is 33.1 Å². The molecular formula is C20H18BClF3N5O. The second kappa shape index (κ2) is 8.62. The number of halogens is 4. The number of ether oxygens (including phenoxy) is 1. The molecule has 11 heteroatoms. The number of nitrogen functional groups attached to an aromatic ring is 1. The molecule has 0 aliphatic carbocycles. The van der Waals surface area contributed by atoms with Gasteiger partial charge < -0.3 is 10.5 Å². The zero-order valence-electron chi connectivity index (χ0n) is 16.9. The number of anilines is 1. The Balaban J connectivity index is 2.16. The molecule has 0 unspecified atom stereocenters. The summed E-state index contributed by atoms with van der Waals surface area (Å²) in [6, 6.07) is 5.64. The average molecular weight is 448 g/mol. The number of alkyl halides is 3. The molecule has 2 N–H and O–H groups in total. The van der Waals surface area contributed by atoms with Gasteiger partial charge in [-0.25, -0.2) is 9.67 Å². The van der Waals surface area contributed by atoms with Crippen LogP contribution in [0, 0.1) is 13.8 Å². The van der Waals surface area contributed by atoms with Gasteiger partial charge in [-0.05, 0) is 39.0 Å². The van der Waals surface area contributed by atoms with Crippen LogP contribution in [0.1, 0.15) is 35.5 Å². The quantitative estimate of drug-likeness (QED) is 0.572. The van der Waals surface area contributed by atoms with Gasteiger partial charge in [-0.1, -0.05) is 29.2 Å². The van der Waals surface area contributed by atoms with Crippen molar-refractivity contribution in [3.63, 3.8) is 0 Å². The number of aromatic nitrogens is 4. The molecular weight excluding hydrogens is 430 g/mol. The van der Waals surface area contributed by atoms with Crippen LogP contribution in [0.4, 0.5) is 19.1 Å². The lowest BCUT2D eigenvalue weighted by Crippen LogP contribution is -2.28. The Morgan fingerprint density at radius 3 is 2.55 bits per heavy atom. The number of hydrogen-bond donors (Lipinski definition) is 1. The SMILES string of the molecule is [B]/C(=C/C)c1nc(N)nc(O[C@H](c2ccc(Cl)cc2-n2ccc(C)n2)C(F)(F)F)c1C. The summed E-state index contributed by atoms with van der Waals surface area (Å²) in [6.07, 6.45) is -4.08. The molecule has 0 saturated heterocycles. The summed E-state index contributed by atoms with van der Waals surface area (Å²) in [5.74, 6) is -0.590. The maximum absolute atomic E-state index is 14.2. The monoisotopic (exact) mass is 447 g/mol. The number of hydrogen-bond acceptors (Lipinski definition) is 5. The highest BCUT2D eigenvalue weighted by atomic mass is 35.5. The van der Waals surface area contributed by atoms with E-state index >= 15 is 0 Å². The fraction of sp³-hybridized carbons (Fsp3) is 0.250.